The molecule has 27 heavy (non-hydrogen) atoms. The molecule has 8 heteroatoms. The van der Waals surface area contributed by atoms with Gasteiger partial charge in [-0.3, -0.25) is 4.90 Å². The largest absolute Gasteiger partial charge is 0.496 e. The summed E-state index contributed by atoms with van der Waals surface area (Å²) in [7, 11) is 3.33. The summed E-state index contributed by atoms with van der Waals surface area (Å²) >= 11 is 0. The number of tetrazole rings is 1. The van der Waals surface area contributed by atoms with Crippen LogP contribution >= 0.6 is 0 Å². The van der Waals surface area contributed by atoms with Crippen LogP contribution in [0.15, 0.2) is 24.3 Å². The number of nitrogens with zero attached hydrogens (tertiary/aromatic N) is 5. The lowest BCUT2D eigenvalue weighted by Crippen LogP contribution is -2.49. The minimum atomic E-state index is -0.850. The Morgan fingerprint density at radius 1 is 1.19 bits per heavy atom. The normalized spacial score (nSPS) is 27.8. The number of para-hydroxylation sites is 1. The van der Waals surface area contributed by atoms with E-state index in [9.17, 15) is 5.11 Å². The number of piperidine rings is 1. The average Bonchev–Trinajstić information content (AvgIpc) is 3.22. The van der Waals surface area contributed by atoms with E-state index in [4.69, 9.17) is 9.47 Å². The SMILES string of the molecule is COCCn1nnnc1CN1[C@@H]2CC[C@H]1CC(O)(c1ccccc1OC)C2. The summed E-state index contributed by atoms with van der Waals surface area (Å²) in [6.45, 7) is 1.93. The van der Waals surface area contributed by atoms with E-state index in [2.05, 4.69) is 20.4 Å². The smallest absolute Gasteiger partial charge is 0.165 e. The first-order valence-electron chi connectivity index (χ1n) is 9.50. The number of fused-ring (bicyclic) bond motifs is 2. The van der Waals surface area contributed by atoms with Crippen molar-refractivity contribution < 1.29 is 14.6 Å². The summed E-state index contributed by atoms with van der Waals surface area (Å²) in [4.78, 5) is 2.46. The standard InChI is InChI=1S/C19H27N5O3/c1-26-10-9-24-18(20-21-22-24)13-23-14-7-8-15(23)12-19(25,11-14)16-5-3-4-6-17(16)27-2/h3-6,14-15,25H,7-13H2,1-2H3/t14-,15+,19?. The van der Waals surface area contributed by atoms with Crippen LogP contribution in [0, 0.1) is 0 Å². The predicted molar refractivity (Wildman–Crippen MR) is 98.2 cm³/mol. The fraction of sp³-hybridized carbons (Fsp3) is 0.632. The summed E-state index contributed by atoms with van der Waals surface area (Å²) in [6, 6.07) is 8.44. The molecule has 3 heterocycles. The topological polar surface area (TPSA) is 85.5 Å². The van der Waals surface area contributed by atoms with Gasteiger partial charge in [0.05, 0.1) is 32.4 Å². The van der Waals surface area contributed by atoms with Gasteiger partial charge >= 0.3 is 0 Å². The quantitative estimate of drug-likeness (QED) is 0.784. The third-order valence-electron chi connectivity index (χ3n) is 5.96. The van der Waals surface area contributed by atoms with Gasteiger partial charge in [-0.25, -0.2) is 4.68 Å². The number of hydrogen-bond donors (Lipinski definition) is 1. The Bertz CT molecular complexity index is 766. The van der Waals surface area contributed by atoms with Crippen LogP contribution in [0.3, 0.4) is 0 Å². The molecular formula is C19H27N5O3. The van der Waals surface area contributed by atoms with Gasteiger partial charge in [-0.1, -0.05) is 18.2 Å². The minimum absolute atomic E-state index is 0.311. The molecule has 2 aromatic rings. The third-order valence-corrected chi connectivity index (χ3v) is 5.96. The number of methoxy groups -OCH3 is 2. The van der Waals surface area contributed by atoms with Gasteiger partial charge in [0.15, 0.2) is 5.82 Å². The zero-order chi connectivity index (χ0) is 18.9. The molecular weight excluding hydrogens is 346 g/mol. The Labute approximate surface area is 159 Å². The lowest BCUT2D eigenvalue weighted by atomic mass is 9.80. The van der Waals surface area contributed by atoms with Crippen molar-refractivity contribution in [3.63, 3.8) is 0 Å². The van der Waals surface area contributed by atoms with Gasteiger partial charge < -0.3 is 14.6 Å². The highest BCUT2D eigenvalue weighted by molar-refractivity contribution is 5.39. The number of aromatic nitrogens is 4. The Balaban J connectivity index is 1.52. The Morgan fingerprint density at radius 2 is 1.93 bits per heavy atom. The molecule has 0 radical (unpaired) electrons. The molecule has 0 amide bonds. The van der Waals surface area contributed by atoms with Crippen molar-refractivity contribution in [3.05, 3.63) is 35.7 Å². The number of rotatable bonds is 7. The first kappa shape index (κ1) is 18.3. The predicted octanol–water partition coefficient (Wildman–Crippen LogP) is 1.34. The van der Waals surface area contributed by atoms with E-state index < -0.39 is 5.60 Å². The van der Waals surface area contributed by atoms with E-state index in [0.717, 1.165) is 30.0 Å². The van der Waals surface area contributed by atoms with Crippen molar-refractivity contribution >= 4 is 0 Å². The molecule has 2 bridgehead atoms. The zero-order valence-electron chi connectivity index (χ0n) is 15.9. The molecule has 0 saturated carbocycles. The average molecular weight is 373 g/mol. The molecule has 3 atom stereocenters. The fourth-order valence-electron chi connectivity index (χ4n) is 4.67. The Kier molecular flexibility index (Phi) is 5.12. The number of ether oxygens (including phenoxy) is 2. The molecule has 2 fully saturated rings. The molecule has 8 nitrogen and oxygen atoms in total. The van der Waals surface area contributed by atoms with Crippen molar-refractivity contribution in [2.75, 3.05) is 20.8 Å². The molecule has 4 rings (SSSR count). The van der Waals surface area contributed by atoms with Gasteiger partial charge in [0.25, 0.3) is 0 Å². The molecule has 2 aliphatic heterocycles. The highest BCUT2D eigenvalue weighted by atomic mass is 16.5. The van der Waals surface area contributed by atoms with E-state index in [-0.39, 0.29) is 0 Å². The number of benzene rings is 1. The van der Waals surface area contributed by atoms with Gasteiger partial charge in [0, 0.05) is 24.8 Å². The van der Waals surface area contributed by atoms with E-state index in [1.165, 1.54) is 0 Å². The van der Waals surface area contributed by atoms with Gasteiger partial charge in [-0.2, -0.15) is 0 Å². The van der Waals surface area contributed by atoms with Crippen molar-refractivity contribution in [1.82, 2.24) is 25.1 Å². The van der Waals surface area contributed by atoms with Crippen molar-refractivity contribution in [2.24, 2.45) is 0 Å². The van der Waals surface area contributed by atoms with Crippen LogP contribution in [0.4, 0.5) is 0 Å². The first-order chi connectivity index (χ1) is 13.1. The summed E-state index contributed by atoms with van der Waals surface area (Å²) in [6.07, 6.45) is 3.57. The summed E-state index contributed by atoms with van der Waals surface area (Å²) in [5, 5.41) is 23.6. The maximum Gasteiger partial charge on any atom is 0.165 e. The molecule has 0 spiro atoms. The maximum atomic E-state index is 11.5. The molecule has 1 N–H and O–H groups in total. The van der Waals surface area contributed by atoms with Gasteiger partial charge in [0.2, 0.25) is 0 Å². The number of hydrogen-bond acceptors (Lipinski definition) is 7. The summed E-state index contributed by atoms with van der Waals surface area (Å²) in [5.41, 5.74) is 0.0469. The van der Waals surface area contributed by atoms with Crippen LogP contribution in [0.25, 0.3) is 0 Å². The van der Waals surface area contributed by atoms with Crippen molar-refractivity contribution in [3.8, 4) is 5.75 Å². The van der Waals surface area contributed by atoms with E-state index in [1.54, 1.807) is 14.2 Å². The van der Waals surface area contributed by atoms with Crippen molar-refractivity contribution in [2.45, 2.75) is 56.5 Å². The molecule has 2 aliphatic rings. The highest BCUT2D eigenvalue weighted by Crippen LogP contribution is 2.48. The van der Waals surface area contributed by atoms with Gasteiger partial charge in [-0.05, 0) is 42.2 Å². The molecule has 1 aromatic carbocycles. The second kappa shape index (κ2) is 7.53. The maximum absolute atomic E-state index is 11.5. The molecule has 146 valence electrons. The molecule has 2 saturated heterocycles. The lowest BCUT2D eigenvalue weighted by molar-refractivity contribution is -0.0616. The van der Waals surface area contributed by atoms with E-state index >= 15 is 0 Å². The minimum Gasteiger partial charge on any atom is -0.496 e. The van der Waals surface area contributed by atoms with E-state index in [0.29, 0.717) is 44.6 Å². The highest BCUT2D eigenvalue weighted by Gasteiger charge is 2.49. The second-order valence-corrected chi connectivity index (χ2v) is 7.51. The van der Waals surface area contributed by atoms with Gasteiger partial charge in [-0.15, -0.1) is 5.10 Å². The first-order valence-corrected chi connectivity index (χ1v) is 9.50. The van der Waals surface area contributed by atoms with E-state index in [1.807, 2.05) is 28.9 Å². The monoisotopic (exact) mass is 373 g/mol. The van der Waals surface area contributed by atoms with Crippen LogP contribution in [0.5, 0.6) is 5.75 Å². The third kappa shape index (κ3) is 3.44. The van der Waals surface area contributed by atoms with Crippen LogP contribution in [0.2, 0.25) is 0 Å². The van der Waals surface area contributed by atoms with Crippen LogP contribution in [-0.4, -0.2) is 63.1 Å². The summed E-state index contributed by atoms with van der Waals surface area (Å²) in [5.74, 6) is 1.61. The van der Waals surface area contributed by atoms with Crippen LogP contribution < -0.4 is 4.74 Å². The fourth-order valence-corrected chi connectivity index (χ4v) is 4.67. The second-order valence-electron chi connectivity index (χ2n) is 7.51. The Hall–Kier alpha value is -2.03. The summed E-state index contributed by atoms with van der Waals surface area (Å²) < 4.78 is 12.5. The Morgan fingerprint density at radius 3 is 2.63 bits per heavy atom. The zero-order valence-corrected chi connectivity index (χ0v) is 15.9. The lowest BCUT2D eigenvalue weighted by Gasteiger charge is -2.44. The van der Waals surface area contributed by atoms with Crippen LogP contribution in [-0.2, 0) is 23.4 Å². The molecule has 0 aliphatic carbocycles. The number of aliphatic hydroxyl groups is 1. The van der Waals surface area contributed by atoms with Crippen molar-refractivity contribution in [1.29, 1.82) is 0 Å². The molecule has 1 unspecified atom stereocenters. The van der Waals surface area contributed by atoms with Crippen LogP contribution in [0.1, 0.15) is 37.1 Å². The van der Waals surface area contributed by atoms with Gasteiger partial charge in [0.1, 0.15) is 5.75 Å². The molecule has 1 aromatic heterocycles.